The fraction of sp³-hybridized carbons (Fsp3) is 0.160. The number of benzene rings is 2. The topological polar surface area (TPSA) is 85.1 Å². The Kier molecular flexibility index (Phi) is 5.51. The molecule has 3 aromatic heterocycles. The molecule has 1 N–H and O–H groups in total. The molecule has 0 atom stereocenters. The second-order valence-electron chi connectivity index (χ2n) is 7.87. The van der Waals surface area contributed by atoms with E-state index in [1.54, 1.807) is 10.7 Å². The standard InChI is InChI=1S/C25H22N6OS/c1-15-10-11-21(20-9-6-12-26-22(15)20)28-23(32)19-8-5-4-7-18(19)14-33-25-29-24-27-16(2)13-17(3)31(24)30-25/h4-13H,14H2,1-3H3,(H,28,32). The normalized spacial score (nSPS) is 11.2. The predicted octanol–water partition coefficient (Wildman–Crippen LogP) is 5.14. The summed E-state index contributed by atoms with van der Waals surface area (Å²) in [5.74, 6) is 0.992. The van der Waals surface area contributed by atoms with Crippen molar-refractivity contribution < 1.29 is 4.79 Å². The summed E-state index contributed by atoms with van der Waals surface area (Å²) in [5, 5.41) is 9.17. The van der Waals surface area contributed by atoms with Gasteiger partial charge in [-0.2, -0.15) is 4.98 Å². The van der Waals surface area contributed by atoms with E-state index in [4.69, 9.17) is 0 Å². The van der Waals surface area contributed by atoms with Gasteiger partial charge in [-0.3, -0.25) is 9.78 Å². The number of rotatable bonds is 5. The molecule has 5 rings (SSSR count). The summed E-state index contributed by atoms with van der Waals surface area (Å²) < 4.78 is 1.74. The molecule has 0 saturated carbocycles. The van der Waals surface area contributed by atoms with Crippen molar-refractivity contribution >= 4 is 40.0 Å². The minimum atomic E-state index is -0.156. The van der Waals surface area contributed by atoms with Crippen molar-refractivity contribution in [3.05, 3.63) is 88.9 Å². The van der Waals surface area contributed by atoms with Gasteiger partial charge in [0.05, 0.1) is 11.2 Å². The molecule has 0 bridgehead atoms. The molecule has 8 heteroatoms. The number of carbonyl (C=O) groups excluding carboxylic acids is 1. The fourth-order valence-electron chi connectivity index (χ4n) is 3.83. The maximum atomic E-state index is 13.2. The van der Waals surface area contributed by atoms with Gasteiger partial charge < -0.3 is 5.32 Å². The number of amides is 1. The zero-order valence-electron chi connectivity index (χ0n) is 18.5. The summed E-state index contributed by atoms with van der Waals surface area (Å²) in [7, 11) is 0. The molecule has 0 unspecified atom stereocenters. The highest BCUT2D eigenvalue weighted by Gasteiger charge is 2.15. The van der Waals surface area contributed by atoms with Crippen LogP contribution in [0.3, 0.4) is 0 Å². The van der Waals surface area contributed by atoms with E-state index in [0.29, 0.717) is 22.3 Å². The first kappa shape index (κ1) is 21.1. The van der Waals surface area contributed by atoms with Crippen LogP contribution >= 0.6 is 11.8 Å². The number of nitrogens with zero attached hydrogens (tertiary/aromatic N) is 5. The van der Waals surface area contributed by atoms with Gasteiger partial charge in [-0.1, -0.05) is 36.0 Å². The van der Waals surface area contributed by atoms with Gasteiger partial charge in [0.15, 0.2) is 0 Å². The highest BCUT2D eigenvalue weighted by atomic mass is 32.2. The first-order chi connectivity index (χ1) is 16.0. The van der Waals surface area contributed by atoms with Gasteiger partial charge in [0.25, 0.3) is 11.7 Å². The third-order valence-corrected chi connectivity index (χ3v) is 6.32. The smallest absolute Gasteiger partial charge is 0.255 e. The quantitative estimate of drug-likeness (QED) is 0.370. The van der Waals surface area contributed by atoms with Crippen LogP contribution in [0, 0.1) is 20.8 Å². The molecule has 0 spiro atoms. The monoisotopic (exact) mass is 454 g/mol. The van der Waals surface area contributed by atoms with Gasteiger partial charge in [0.1, 0.15) is 0 Å². The van der Waals surface area contributed by atoms with E-state index in [1.807, 2.05) is 75.4 Å². The van der Waals surface area contributed by atoms with E-state index in [0.717, 1.165) is 39.1 Å². The summed E-state index contributed by atoms with van der Waals surface area (Å²) in [4.78, 5) is 26.6. The number of hydrogen-bond acceptors (Lipinski definition) is 6. The number of thioether (sulfide) groups is 1. The Hall–Kier alpha value is -3.78. The number of anilines is 1. The zero-order chi connectivity index (χ0) is 22.9. The highest BCUT2D eigenvalue weighted by molar-refractivity contribution is 7.98. The summed E-state index contributed by atoms with van der Waals surface area (Å²) in [6, 6.07) is 17.3. The summed E-state index contributed by atoms with van der Waals surface area (Å²) in [6.45, 7) is 5.94. The van der Waals surface area contributed by atoms with E-state index >= 15 is 0 Å². The minimum absolute atomic E-state index is 0.156. The molecule has 0 aliphatic carbocycles. The van der Waals surface area contributed by atoms with E-state index in [-0.39, 0.29) is 5.91 Å². The molecule has 0 aliphatic rings. The molecule has 5 aromatic rings. The number of pyridine rings is 1. The van der Waals surface area contributed by atoms with Crippen LogP contribution < -0.4 is 5.32 Å². The molecule has 0 radical (unpaired) electrons. The van der Waals surface area contributed by atoms with Gasteiger partial charge in [0.2, 0.25) is 5.16 Å². The van der Waals surface area contributed by atoms with Gasteiger partial charge in [0, 0.05) is 34.3 Å². The molecule has 0 saturated heterocycles. The summed E-state index contributed by atoms with van der Waals surface area (Å²) in [6.07, 6.45) is 1.76. The lowest BCUT2D eigenvalue weighted by molar-refractivity contribution is 0.102. The number of nitrogens with one attached hydrogen (secondary N) is 1. The Bertz CT molecular complexity index is 1510. The Morgan fingerprint density at radius 1 is 1.03 bits per heavy atom. The first-order valence-electron chi connectivity index (χ1n) is 10.6. The molecule has 164 valence electrons. The van der Waals surface area contributed by atoms with Gasteiger partial charge in [-0.25, -0.2) is 9.50 Å². The number of carbonyl (C=O) groups is 1. The van der Waals surface area contributed by atoms with Crippen LogP contribution in [0.2, 0.25) is 0 Å². The first-order valence-corrected chi connectivity index (χ1v) is 11.6. The summed E-state index contributed by atoms with van der Waals surface area (Å²) in [5.41, 5.74) is 6.12. The Balaban J connectivity index is 1.39. The number of fused-ring (bicyclic) bond motifs is 2. The van der Waals surface area contributed by atoms with Crippen molar-refractivity contribution in [2.45, 2.75) is 31.7 Å². The second kappa shape index (κ2) is 8.63. The lowest BCUT2D eigenvalue weighted by atomic mass is 10.1. The predicted molar refractivity (Wildman–Crippen MR) is 131 cm³/mol. The van der Waals surface area contributed by atoms with Crippen LogP contribution in [-0.2, 0) is 5.75 Å². The largest absolute Gasteiger partial charge is 0.321 e. The lowest BCUT2D eigenvalue weighted by Crippen LogP contribution is -2.14. The van der Waals surface area contributed by atoms with Crippen LogP contribution in [0.4, 0.5) is 5.69 Å². The molecule has 0 fully saturated rings. The van der Waals surface area contributed by atoms with Crippen LogP contribution in [0.1, 0.15) is 32.9 Å². The average Bonchev–Trinajstić information content (AvgIpc) is 3.23. The van der Waals surface area contributed by atoms with Crippen LogP contribution in [-0.4, -0.2) is 30.5 Å². The maximum Gasteiger partial charge on any atom is 0.255 e. The van der Waals surface area contributed by atoms with Crippen molar-refractivity contribution in [3.63, 3.8) is 0 Å². The van der Waals surface area contributed by atoms with E-state index < -0.39 is 0 Å². The molecule has 1 amide bonds. The number of aromatic nitrogens is 5. The molecular weight excluding hydrogens is 432 g/mol. The molecular formula is C25H22N6OS. The van der Waals surface area contributed by atoms with Crippen LogP contribution in [0.5, 0.6) is 0 Å². The zero-order valence-corrected chi connectivity index (χ0v) is 19.3. The Morgan fingerprint density at radius 3 is 2.76 bits per heavy atom. The van der Waals surface area contributed by atoms with Crippen molar-refractivity contribution in [1.29, 1.82) is 0 Å². The third-order valence-electron chi connectivity index (χ3n) is 5.44. The van der Waals surface area contributed by atoms with Gasteiger partial charge in [-0.05, 0) is 62.2 Å². The SMILES string of the molecule is Cc1cc(C)n2nc(SCc3ccccc3C(=O)Nc3ccc(C)c4ncccc34)nc2n1. The average molecular weight is 455 g/mol. The Labute approximate surface area is 195 Å². The third kappa shape index (κ3) is 4.17. The number of aryl methyl sites for hydroxylation is 3. The highest BCUT2D eigenvalue weighted by Crippen LogP contribution is 2.27. The van der Waals surface area contributed by atoms with Crippen molar-refractivity contribution in [2.75, 3.05) is 5.32 Å². The molecule has 3 heterocycles. The van der Waals surface area contributed by atoms with E-state index in [1.165, 1.54) is 11.8 Å². The van der Waals surface area contributed by atoms with Crippen LogP contribution in [0.15, 0.2) is 66.0 Å². The fourth-order valence-corrected chi connectivity index (χ4v) is 4.65. The maximum absolute atomic E-state index is 13.2. The molecule has 7 nitrogen and oxygen atoms in total. The lowest BCUT2D eigenvalue weighted by Gasteiger charge is -2.12. The van der Waals surface area contributed by atoms with E-state index in [9.17, 15) is 4.79 Å². The molecule has 2 aromatic carbocycles. The second-order valence-corrected chi connectivity index (χ2v) is 8.82. The Morgan fingerprint density at radius 2 is 1.88 bits per heavy atom. The minimum Gasteiger partial charge on any atom is -0.321 e. The molecule has 33 heavy (non-hydrogen) atoms. The summed E-state index contributed by atoms with van der Waals surface area (Å²) >= 11 is 1.48. The number of hydrogen-bond donors (Lipinski definition) is 1. The molecule has 0 aliphatic heterocycles. The van der Waals surface area contributed by atoms with Gasteiger partial charge in [-0.15, -0.1) is 5.10 Å². The van der Waals surface area contributed by atoms with E-state index in [2.05, 4.69) is 25.4 Å². The van der Waals surface area contributed by atoms with Crippen molar-refractivity contribution in [3.8, 4) is 0 Å². The van der Waals surface area contributed by atoms with Gasteiger partial charge >= 0.3 is 0 Å². The van der Waals surface area contributed by atoms with Crippen molar-refractivity contribution in [1.82, 2.24) is 24.6 Å². The van der Waals surface area contributed by atoms with Crippen LogP contribution in [0.25, 0.3) is 16.7 Å². The van der Waals surface area contributed by atoms with Crippen molar-refractivity contribution in [2.24, 2.45) is 0 Å².